The molecule has 1 N–H and O–H groups in total. The summed E-state index contributed by atoms with van der Waals surface area (Å²) in [6, 6.07) is 14.9. The number of hydrogen-bond acceptors (Lipinski definition) is 3. The lowest BCUT2D eigenvalue weighted by Crippen LogP contribution is -2.49. The second-order valence-electron chi connectivity index (χ2n) is 6.79. The molecule has 0 aromatic heterocycles. The number of carbonyl (C=O) groups excluding carboxylic acids is 2. The Hall–Kier alpha value is -2.82. The van der Waals surface area contributed by atoms with Crippen molar-refractivity contribution < 1.29 is 14.3 Å². The maximum Gasteiger partial charge on any atom is 0.242 e. The molecule has 1 atom stereocenters. The number of carbonyl (C=O) groups is 2. The van der Waals surface area contributed by atoms with Crippen LogP contribution < -0.4 is 10.1 Å². The summed E-state index contributed by atoms with van der Waals surface area (Å²) in [4.78, 5) is 27.5. The zero-order valence-corrected chi connectivity index (χ0v) is 17.2. The van der Waals surface area contributed by atoms with E-state index in [0.717, 1.165) is 22.4 Å². The van der Waals surface area contributed by atoms with Gasteiger partial charge in [0.1, 0.15) is 11.8 Å². The van der Waals surface area contributed by atoms with Crippen molar-refractivity contribution >= 4 is 11.8 Å². The summed E-state index contributed by atoms with van der Waals surface area (Å²) in [5.74, 6) is 0.595. The van der Waals surface area contributed by atoms with Crippen molar-refractivity contribution in [1.29, 1.82) is 0 Å². The van der Waals surface area contributed by atoms with Crippen molar-refractivity contribution in [3.8, 4) is 5.75 Å². The topological polar surface area (TPSA) is 58.6 Å². The number of ether oxygens (including phenoxy) is 1. The summed E-state index contributed by atoms with van der Waals surface area (Å²) in [6.45, 7) is 6.73. The lowest BCUT2D eigenvalue weighted by Gasteiger charge is -2.31. The third-order valence-corrected chi connectivity index (χ3v) is 4.85. The molecule has 2 aromatic carbocycles. The molecule has 0 aliphatic heterocycles. The second-order valence-corrected chi connectivity index (χ2v) is 6.79. The van der Waals surface area contributed by atoms with E-state index in [1.807, 2.05) is 69.3 Å². The number of benzene rings is 2. The minimum Gasteiger partial charge on any atom is -0.497 e. The van der Waals surface area contributed by atoms with Crippen LogP contribution in [0.1, 0.15) is 37.0 Å². The number of amides is 2. The maximum atomic E-state index is 13.2. The molecule has 5 nitrogen and oxygen atoms in total. The molecule has 0 unspecified atom stereocenters. The molecule has 0 saturated heterocycles. The molecule has 0 heterocycles. The fourth-order valence-corrected chi connectivity index (χ4v) is 3.21. The summed E-state index contributed by atoms with van der Waals surface area (Å²) < 4.78 is 5.21. The fourth-order valence-electron chi connectivity index (χ4n) is 3.21. The van der Waals surface area contributed by atoms with Gasteiger partial charge in [-0.3, -0.25) is 9.59 Å². The Labute approximate surface area is 167 Å². The van der Waals surface area contributed by atoms with Gasteiger partial charge in [-0.1, -0.05) is 43.3 Å². The highest BCUT2D eigenvalue weighted by Gasteiger charge is 2.28. The maximum absolute atomic E-state index is 13.2. The van der Waals surface area contributed by atoms with Crippen molar-refractivity contribution in [2.45, 2.75) is 46.2 Å². The first kappa shape index (κ1) is 21.5. The molecule has 0 fully saturated rings. The van der Waals surface area contributed by atoms with Crippen molar-refractivity contribution in [1.82, 2.24) is 10.2 Å². The summed E-state index contributed by atoms with van der Waals surface area (Å²) in [6.07, 6.45) is 0.834. The van der Waals surface area contributed by atoms with Gasteiger partial charge in [-0.2, -0.15) is 0 Å². The Balaban J connectivity index is 2.29. The smallest absolute Gasteiger partial charge is 0.242 e. The predicted octanol–water partition coefficient (Wildman–Crippen LogP) is 3.49. The first-order chi connectivity index (χ1) is 13.5. The van der Waals surface area contributed by atoms with Crippen LogP contribution in [-0.2, 0) is 22.6 Å². The number of methoxy groups -OCH3 is 1. The quantitative estimate of drug-likeness (QED) is 0.722. The third-order valence-electron chi connectivity index (χ3n) is 4.85. The molecule has 0 spiro atoms. The minimum absolute atomic E-state index is 0.0526. The van der Waals surface area contributed by atoms with Gasteiger partial charge in [0.2, 0.25) is 11.8 Å². The summed E-state index contributed by atoms with van der Waals surface area (Å²) in [5.41, 5.74) is 3.02. The van der Waals surface area contributed by atoms with Crippen molar-refractivity contribution in [2.75, 3.05) is 13.7 Å². The van der Waals surface area contributed by atoms with E-state index in [-0.39, 0.29) is 18.2 Å². The molecular weight excluding hydrogens is 352 g/mol. The van der Waals surface area contributed by atoms with Crippen molar-refractivity contribution in [3.63, 3.8) is 0 Å². The van der Waals surface area contributed by atoms with E-state index in [9.17, 15) is 9.59 Å². The van der Waals surface area contributed by atoms with E-state index in [1.165, 1.54) is 0 Å². The second kappa shape index (κ2) is 10.5. The van der Waals surface area contributed by atoms with Gasteiger partial charge in [0.25, 0.3) is 0 Å². The van der Waals surface area contributed by atoms with Gasteiger partial charge >= 0.3 is 0 Å². The normalized spacial score (nSPS) is 11.6. The van der Waals surface area contributed by atoms with E-state index in [2.05, 4.69) is 5.32 Å². The number of hydrogen-bond donors (Lipinski definition) is 1. The summed E-state index contributed by atoms with van der Waals surface area (Å²) in [5, 5.41) is 2.86. The zero-order chi connectivity index (χ0) is 20.5. The molecule has 2 rings (SSSR count). The molecular formula is C23H30N2O3. The molecule has 150 valence electrons. The number of rotatable bonds is 9. The highest BCUT2D eigenvalue weighted by molar-refractivity contribution is 5.88. The average molecular weight is 383 g/mol. The van der Waals surface area contributed by atoms with Crippen LogP contribution in [0.5, 0.6) is 5.75 Å². The average Bonchev–Trinajstić information content (AvgIpc) is 2.70. The lowest BCUT2D eigenvalue weighted by atomic mass is 10.0. The monoisotopic (exact) mass is 382 g/mol. The summed E-state index contributed by atoms with van der Waals surface area (Å²) >= 11 is 0. The van der Waals surface area contributed by atoms with Gasteiger partial charge in [-0.25, -0.2) is 0 Å². The first-order valence-electron chi connectivity index (χ1n) is 9.74. The predicted molar refractivity (Wildman–Crippen MR) is 111 cm³/mol. The van der Waals surface area contributed by atoms with Crippen LogP contribution in [0.3, 0.4) is 0 Å². The summed E-state index contributed by atoms with van der Waals surface area (Å²) in [7, 11) is 1.62. The van der Waals surface area contributed by atoms with Crippen LogP contribution in [-0.4, -0.2) is 36.4 Å². The Morgan fingerprint density at radius 1 is 1.07 bits per heavy atom. The molecule has 0 aliphatic carbocycles. The van der Waals surface area contributed by atoms with Crippen LogP contribution in [0, 0.1) is 6.92 Å². The standard InChI is InChI=1S/C23H30N2O3/c1-5-21(23(27)24-6-2)25(16-18-11-13-20(28-4)14-12-18)22(26)15-19-10-8-7-9-17(19)3/h7-14,21H,5-6,15-16H2,1-4H3,(H,24,27)/t21-/m1/s1. The van der Waals surface area contributed by atoms with E-state index in [1.54, 1.807) is 12.0 Å². The Morgan fingerprint density at radius 3 is 2.32 bits per heavy atom. The van der Waals surface area contributed by atoms with Crippen LogP contribution in [0.4, 0.5) is 0 Å². The van der Waals surface area contributed by atoms with E-state index < -0.39 is 6.04 Å². The van der Waals surface area contributed by atoms with E-state index in [4.69, 9.17) is 4.74 Å². The molecule has 0 saturated carbocycles. The highest BCUT2D eigenvalue weighted by Crippen LogP contribution is 2.18. The minimum atomic E-state index is -0.501. The van der Waals surface area contributed by atoms with Gasteiger partial charge in [-0.05, 0) is 49.1 Å². The Morgan fingerprint density at radius 2 is 1.75 bits per heavy atom. The number of nitrogens with zero attached hydrogens (tertiary/aromatic N) is 1. The number of likely N-dealkylation sites (N-methyl/N-ethyl adjacent to an activating group) is 1. The number of aryl methyl sites for hydroxylation is 1. The Kier molecular flexibility index (Phi) is 8.05. The zero-order valence-electron chi connectivity index (χ0n) is 17.2. The van der Waals surface area contributed by atoms with Crippen molar-refractivity contribution in [2.24, 2.45) is 0 Å². The van der Waals surface area contributed by atoms with Gasteiger partial charge in [0, 0.05) is 13.1 Å². The molecule has 2 aromatic rings. The van der Waals surface area contributed by atoms with Crippen LogP contribution in [0.15, 0.2) is 48.5 Å². The molecule has 0 bridgehead atoms. The Bertz CT molecular complexity index is 787. The molecule has 5 heteroatoms. The molecule has 0 aliphatic rings. The molecule has 2 amide bonds. The lowest BCUT2D eigenvalue weighted by molar-refractivity contribution is -0.140. The van der Waals surface area contributed by atoms with Gasteiger partial charge in [0.15, 0.2) is 0 Å². The number of nitrogens with one attached hydrogen (secondary N) is 1. The van der Waals surface area contributed by atoms with Crippen molar-refractivity contribution in [3.05, 3.63) is 65.2 Å². The highest BCUT2D eigenvalue weighted by atomic mass is 16.5. The van der Waals surface area contributed by atoms with Gasteiger partial charge in [0.05, 0.1) is 13.5 Å². The van der Waals surface area contributed by atoms with Crippen LogP contribution in [0.2, 0.25) is 0 Å². The molecule has 28 heavy (non-hydrogen) atoms. The molecule has 0 radical (unpaired) electrons. The fraction of sp³-hybridized carbons (Fsp3) is 0.391. The van der Waals surface area contributed by atoms with E-state index in [0.29, 0.717) is 19.5 Å². The SMILES string of the molecule is CCNC(=O)[C@@H](CC)N(Cc1ccc(OC)cc1)C(=O)Cc1ccccc1C. The van der Waals surface area contributed by atoms with Crippen LogP contribution >= 0.6 is 0 Å². The van der Waals surface area contributed by atoms with Gasteiger partial charge in [-0.15, -0.1) is 0 Å². The largest absolute Gasteiger partial charge is 0.497 e. The van der Waals surface area contributed by atoms with Gasteiger partial charge < -0.3 is 15.0 Å². The van der Waals surface area contributed by atoms with E-state index >= 15 is 0 Å². The third kappa shape index (κ3) is 5.59. The first-order valence-corrected chi connectivity index (χ1v) is 9.74. The van der Waals surface area contributed by atoms with Crippen LogP contribution in [0.25, 0.3) is 0 Å².